The molecule has 2 amide bonds. The van der Waals surface area contributed by atoms with Gasteiger partial charge in [0, 0.05) is 27.1 Å². The van der Waals surface area contributed by atoms with Crippen molar-refractivity contribution in [2.45, 2.75) is 37.9 Å². The van der Waals surface area contributed by atoms with Gasteiger partial charge in [0.05, 0.1) is 0 Å². The van der Waals surface area contributed by atoms with Gasteiger partial charge in [-0.1, -0.05) is 83.3 Å². The third-order valence-electron chi connectivity index (χ3n) is 5.58. The maximum Gasteiger partial charge on any atom is 0.259 e. The van der Waals surface area contributed by atoms with E-state index in [9.17, 15) is 9.59 Å². The fourth-order valence-corrected chi connectivity index (χ4v) is 5.32. The number of nitrogens with zero attached hydrogens (tertiary/aromatic N) is 4. The average Bonchev–Trinajstić information content (AvgIpc) is 3.58. The maximum atomic E-state index is 12.6. The number of hydrogen-bond donors (Lipinski definition) is 2. The van der Waals surface area contributed by atoms with Crippen LogP contribution in [0.2, 0.25) is 0 Å². The zero-order valence-corrected chi connectivity index (χ0v) is 22.6. The summed E-state index contributed by atoms with van der Waals surface area (Å²) in [5.74, 6) is -0.581. The Hall–Kier alpha value is -3.58. The van der Waals surface area contributed by atoms with Crippen LogP contribution >= 0.6 is 22.7 Å². The van der Waals surface area contributed by atoms with Crippen LogP contribution in [0, 0.1) is 0 Å². The number of benzene rings is 2. The van der Waals surface area contributed by atoms with E-state index in [-0.39, 0.29) is 11.8 Å². The average molecular weight is 553 g/mol. The van der Waals surface area contributed by atoms with Crippen molar-refractivity contribution in [3.05, 3.63) is 81.8 Å². The van der Waals surface area contributed by atoms with Crippen LogP contribution in [-0.2, 0) is 31.9 Å². The lowest BCUT2D eigenvalue weighted by Crippen LogP contribution is -2.22. The van der Waals surface area contributed by atoms with Crippen molar-refractivity contribution in [1.29, 1.82) is 0 Å². The van der Waals surface area contributed by atoms with E-state index in [2.05, 4.69) is 31.0 Å². The van der Waals surface area contributed by atoms with Gasteiger partial charge in [-0.15, -0.1) is 20.4 Å². The minimum atomic E-state index is -0.719. The summed E-state index contributed by atoms with van der Waals surface area (Å²) in [6.07, 6.45) is 1.76. The van der Waals surface area contributed by atoms with Gasteiger partial charge < -0.3 is 9.47 Å². The van der Waals surface area contributed by atoms with Crippen LogP contribution in [0.15, 0.2) is 60.7 Å². The monoisotopic (exact) mass is 552 g/mol. The quantitative estimate of drug-likeness (QED) is 0.230. The molecule has 0 aliphatic heterocycles. The molecule has 0 bridgehead atoms. The lowest BCUT2D eigenvalue weighted by atomic mass is 10.1. The topological polar surface area (TPSA) is 128 Å². The lowest BCUT2D eigenvalue weighted by Gasteiger charge is -2.14. The molecule has 0 aliphatic rings. The number of amides is 2. The molecule has 2 aromatic carbocycles. The van der Waals surface area contributed by atoms with E-state index < -0.39 is 12.2 Å². The Morgan fingerprint density at radius 1 is 0.684 bits per heavy atom. The summed E-state index contributed by atoms with van der Waals surface area (Å²) in [7, 11) is 3.00. The molecule has 2 atom stereocenters. The summed E-state index contributed by atoms with van der Waals surface area (Å²) >= 11 is 2.70. The van der Waals surface area contributed by atoms with Crippen LogP contribution in [0.1, 0.15) is 46.2 Å². The molecule has 0 spiro atoms. The highest BCUT2D eigenvalue weighted by molar-refractivity contribution is 7.15. The first-order chi connectivity index (χ1) is 18.6. The van der Waals surface area contributed by atoms with E-state index in [4.69, 9.17) is 9.47 Å². The summed E-state index contributed by atoms with van der Waals surface area (Å²) in [4.78, 5) is 25.2. The van der Waals surface area contributed by atoms with Crippen LogP contribution < -0.4 is 10.6 Å². The van der Waals surface area contributed by atoms with Crippen LogP contribution in [-0.4, -0.2) is 46.4 Å². The van der Waals surface area contributed by atoms with E-state index in [0.717, 1.165) is 46.8 Å². The number of carbonyl (C=O) groups excluding carboxylic acids is 2. The molecular weight excluding hydrogens is 524 g/mol. The molecule has 0 saturated carbocycles. The van der Waals surface area contributed by atoms with Crippen molar-refractivity contribution in [1.82, 2.24) is 20.4 Å². The van der Waals surface area contributed by atoms with Gasteiger partial charge in [-0.2, -0.15) is 0 Å². The molecule has 10 nitrogen and oxygen atoms in total. The third kappa shape index (κ3) is 7.48. The third-order valence-corrected chi connectivity index (χ3v) is 7.37. The summed E-state index contributed by atoms with van der Waals surface area (Å²) < 4.78 is 10.7. The minimum Gasteiger partial charge on any atom is -0.367 e. The van der Waals surface area contributed by atoms with Crippen molar-refractivity contribution < 1.29 is 19.1 Å². The molecule has 4 aromatic rings. The van der Waals surface area contributed by atoms with Crippen molar-refractivity contribution >= 4 is 44.8 Å². The predicted molar refractivity (Wildman–Crippen MR) is 146 cm³/mol. The standard InChI is InChI=1S/C26H28N6O4S2/c1-35-21(17-11-5-3-6-12-17)23(33)27-25-31-29-19(37-25)15-9-10-16-20-30-32-26(38-20)28-24(34)22(36-2)18-13-7-4-8-14-18/h3-8,11-14,21-22H,9-10,15-16H2,1-2H3,(H,27,31,33)(H,28,32,34)/t21-,22+. The number of methoxy groups -OCH3 is 2. The Bertz CT molecular complexity index is 1210. The minimum absolute atomic E-state index is 0.291. The molecule has 0 unspecified atom stereocenters. The highest BCUT2D eigenvalue weighted by atomic mass is 32.1. The van der Waals surface area contributed by atoms with Gasteiger partial charge >= 0.3 is 0 Å². The number of aromatic nitrogens is 4. The molecule has 2 aromatic heterocycles. The van der Waals surface area contributed by atoms with Crippen LogP contribution in [0.25, 0.3) is 0 Å². The van der Waals surface area contributed by atoms with Gasteiger partial charge in [0.2, 0.25) is 10.3 Å². The predicted octanol–water partition coefficient (Wildman–Crippen LogP) is 4.61. The Kier molecular flexibility index (Phi) is 9.98. The van der Waals surface area contributed by atoms with Crippen molar-refractivity contribution in [3.8, 4) is 0 Å². The first-order valence-corrected chi connectivity index (χ1v) is 13.6. The van der Waals surface area contributed by atoms with Crippen LogP contribution in [0.5, 0.6) is 0 Å². The molecule has 38 heavy (non-hydrogen) atoms. The van der Waals surface area contributed by atoms with Gasteiger partial charge in [0.1, 0.15) is 10.0 Å². The second-order valence-electron chi connectivity index (χ2n) is 8.24. The SMILES string of the molecule is CO[C@H](C(=O)Nc1nnc(CCCCc2nnc(NC(=O)[C@H](OC)c3ccccc3)s2)s1)c1ccccc1. The Labute approximate surface area is 228 Å². The zero-order valence-electron chi connectivity index (χ0n) is 21.0. The van der Waals surface area contributed by atoms with E-state index in [1.165, 1.54) is 36.9 Å². The molecular formula is C26H28N6O4S2. The fraction of sp³-hybridized carbons (Fsp3) is 0.308. The zero-order chi connectivity index (χ0) is 26.7. The van der Waals surface area contributed by atoms with Crippen molar-refractivity contribution in [3.63, 3.8) is 0 Å². The van der Waals surface area contributed by atoms with E-state index in [1.807, 2.05) is 60.7 Å². The van der Waals surface area contributed by atoms with Crippen molar-refractivity contribution in [2.75, 3.05) is 24.9 Å². The molecule has 0 saturated heterocycles. The highest BCUT2D eigenvalue weighted by Crippen LogP contribution is 2.24. The largest absolute Gasteiger partial charge is 0.367 e. The first kappa shape index (κ1) is 27.5. The second kappa shape index (κ2) is 13.8. The summed E-state index contributed by atoms with van der Waals surface area (Å²) in [6, 6.07) is 18.6. The number of carbonyl (C=O) groups is 2. The Morgan fingerprint density at radius 3 is 1.45 bits per heavy atom. The summed E-state index contributed by atoms with van der Waals surface area (Å²) in [5.41, 5.74) is 1.54. The van der Waals surface area contributed by atoms with Gasteiger partial charge in [-0.3, -0.25) is 20.2 Å². The number of nitrogens with one attached hydrogen (secondary N) is 2. The molecule has 0 aliphatic carbocycles. The molecule has 198 valence electrons. The second-order valence-corrected chi connectivity index (χ2v) is 10.4. The first-order valence-electron chi connectivity index (χ1n) is 12.0. The number of anilines is 2. The molecule has 0 radical (unpaired) electrons. The van der Waals surface area contributed by atoms with Gasteiger partial charge in [-0.25, -0.2) is 0 Å². The number of unbranched alkanes of at least 4 members (excludes halogenated alkanes) is 1. The summed E-state index contributed by atoms with van der Waals surface area (Å²) in [6.45, 7) is 0. The lowest BCUT2D eigenvalue weighted by molar-refractivity contribution is -0.126. The molecule has 0 fully saturated rings. The number of hydrogen-bond acceptors (Lipinski definition) is 10. The van der Waals surface area contributed by atoms with Crippen LogP contribution in [0.4, 0.5) is 10.3 Å². The maximum absolute atomic E-state index is 12.6. The van der Waals surface area contributed by atoms with Crippen LogP contribution in [0.3, 0.4) is 0 Å². The Morgan fingerprint density at radius 2 is 1.08 bits per heavy atom. The van der Waals surface area contributed by atoms with Gasteiger partial charge in [0.25, 0.3) is 11.8 Å². The number of ether oxygens (including phenoxy) is 2. The summed E-state index contributed by atoms with van der Waals surface area (Å²) in [5, 5.41) is 24.7. The number of rotatable bonds is 13. The van der Waals surface area contributed by atoms with E-state index in [0.29, 0.717) is 10.3 Å². The smallest absolute Gasteiger partial charge is 0.259 e. The molecule has 2 heterocycles. The normalized spacial score (nSPS) is 12.6. The van der Waals surface area contributed by atoms with E-state index >= 15 is 0 Å². The fourth-order valence-electron chi connectivity index (χ4n) is 3.75. The van der Waals surface area contributed by atoms with Crippen molar-refractivity contribution in [2.24, 2.45) is 0 Å². The molecule has 2 N–H and O–H groups in total. The van der Waals surface area contributed by atoms with E-state index in [1.54, 1.807) is 0 Å². The van der Waals surface area contributed by atoms with Gasteiger partial charge in [-0.05, 0) is 24.0 Å². The molecule has 4 rings (SSSR count). The number of aryl methyl sites for hydroxylation is 2. The van der Waals surface area contributed by atoms with Gasteiger partial charge in [0.15, 0.2) is 12.2 Å². The molecule has 12 heteroatoms. The highest BCUT2D eigenvalue weighted by Gasteiger charge is 2.22. The Balaban J connectivity index is 1.20.